The largest absolute Gasteiger partial charge is 0.589 e. The van der Waals surface area contributed by atoms with Gasteiger partial charge in [0.05, 0.1) is 6.61 Å². The SMILES string of the molecule is CC(OCc1ccccc1)OP(=O)(Oc1ccccc1)Oc1ccccc1. The molecule has 0 radical (unpaired) electrons. The fourth-order valence-corrected chi connectivity index (χ4v) is 3.59. The molecule has 140 valence electrons. The van der Waals surface area contributed by atoms with Crippen LogP contribution in [-0.2, 0) is 20.4 Å². The van der Waals surface area contributed by atoms with Gasteiger partial charge < -0.3 is 13.8 Å². The molecular formula is C21H21O5P. The van der Waals surface area contributed by atoms with E-state index in [4.69, 9.17) is 18.3 Å². The molecule has 0 aliphatic heterocycles. The fourth-order valence-electron chi connectivity index (χ4n) is 2.28. The first kappa shape index (κ1) is 19.2. The van der Waals surface area contributed by atoms with Crippen LogP contribution >= 0.6 is 7.82 Å². The molecule has 0 spiro atoms. The van der Waals surface area contributed by atoms with E-state index in [-0.39, 0.29) is 0 Å². The van der Waals surface area contributed by atoms with E-state index < -0.39 is 14.1 Å². The van der Waals surface area contributed by atoms with Crippen molar-refractivity contribution in [3.05, 3.63) is 96.6 Å². The van der Waals surface area contributed by atoms with Gasteiger partial charge in [-0.1, -0.05) is 66.7 Å². The van der Waals surface area contributed by atoms with Crippen LogP contribution < -0.4 is 9.05 Å². The summed E-state index contributed by atoms with van der Waals surface area (Å²) in [5, 5.41) is 0. The van der Waals surface area contributed by atoms with Crippen molar-refractivity contribution in [1.82, 2.24) is 0 Å². The zero-order valence-corrected chi connectivity index (χ0v) is 15.8. The van der Waals surface area contributed by atoms with Gasteiger partial charge >= 0.3 is 7.82 Å². The van der Waals surface area contributed by atoms with Crippen LogP contribution in [0.15, 0.2) is 91.0 Å². The molecule has 5 nitrogen and oxygen atoms in total. The molecule has 0 heterocycles. The van der Waals surface area contributed by atoms with E-state index in [1.807, 2.05) is 42.5 Å². The predicted octanol–water partition coefficient (Wildman–Crippen LogP) is 5.83. The highest BCUT2D eigenvalue weighted by Gasteiger charge is 2.33. The van der Waals surface area contributed by atoms with Gasteiger partial charge in [-0.2, -0.15) is 0 Å². The highest BCUT2D eigenvalue weighted by molar-refractivity contribution is 7.49. The number of ether oxygens (including phenoxy) is 1. The van der Waals surface area contributed by atoms with E-state index in [2.05, 4.69) is 0 Å². The Labute approximate surface area is 159 Å². The number of phosphoric ester groups is 1. The first-order chi connectivity index (χ1) is 13.1. The van der Waals surface area contributed by atoms with Crippen molar-refractivity contribution in [2.75, 3.05) is 0 Å². The summed E-state index contributed by atoms with van der Waals surface area (Å²) in [5.41, 5.74) is 0.982. The van der Waals surface area contributed by atoms with E-state index in [1.54, 1.807) is 55.5 Å². The van der Waals surface area contributed by atoms with Gasteiger partial charge in [-0.25, -0.2) is 9.09 Å². The molecule has 0 saturated heterocycles. The van der Waals surface area contributed by atoms with Crippen molar-refractivity contribution in [3.8, 4) is 11.5 Å². The van der Waals surface area contributed by atoms with Gasteiger partial charge in [-0.3, -0.25) is 0 Å². The summed E-state index contributed by atoms with van der Waals surface area (Å²) in [6, 6.07) is 27.1. The van der Waals surface area contributed by atoms with Crippen LogP contribution in [0.3, 0.4) is 0 Å². The summed E-state index contributed by atoms with van der Waals surface area (Å²) in [7, 11) is -3.97. The van der Waals surface area contributed by atoms with E-state index in [0.717, 1.165) is 5.56 Å². The summed E-state index contributed by atoms with van der Waals surface area (Å²) in [6.45, 7) is 1.97. The Morgan fingerprint density at radius 1 is 0.741 bits per heavy atom. The number of rotatable bonds is 9. The minimum absolute atomic E-state index is 0.318. The van der Waals surface area contributed by atoms with Crippen molar-refractivity contribution in [1.29, 1.82) is 0 Å². The third kappa shape index (κ3) is 6.26. The number of hydrogen-bond acceptors (Lipinski definition) is 5. The second kappa shape index (κ2) is 9.38. The van der Waals surface area contributed by atoms with Gasteiger partial charge in [0.2, 0.25) is 0 Å². The first-order valence-electron chi connectivity index (χ1n) is 8.56. The normalized spacial score (nSPS) is 12.3. The maximum absolute atomic E-state index is 13.2. The molecule has 6 heteroatoms. The third-order valence-corrected chi connectivity index (χ3v) is 4.95. The van der Waals surface area contributed by atoms with Gasteiger partial charge in [0.15, 0.2) is 6.29 Å². The monoisotopic (exact) mass is 384 g/mol. The van der Waals surface area contributed by atoms with Crippen LogP contribution in [0.25, 0.3) is 0 Å². The number of hydrogen-bond donors (Lipinski definition) is 0. The molecule has 0 N–H and O–H groups in total. The van der Waals surface area contributed by atoms with E-state index in [9.17, 15) is 4.57 Å². The maximum Gasteiger partial charge on any atom is 0.589 e. The van der Waals surface area contributed by atoms with Gasteiger partial charge in [0, 0.05) is 0 Å². The molecule has 3 rings (SSSR count). The summed E-state index contributed by atoms with van der Waals surface area (Å²) in [6.07, 6.45) is -0.802. The first-order valence-corrected chi connectivity index (χ1v) is 10.0. The van der Waals surface area contributed by atoms with E-state index in [1.165, 1.54) is 0 Å². The lowest BCUT2D eigenvalue weighted by Gasteiger charge is -2.22. The third-order valence-electron chi connectivity index (χ3n) is 3.53. The van der Waals surface area contributed by atoms with Crippen LogP contribution in [-0.4, -0.2) is 6.29 Å². The minimum atomic E-state index is -3.97. The topological polar surface area (TPSA) is 54.0 Å². The molecule has 0 saturated carbocycles. The van der Waals surface area contributed by atoms with Gasteiger partial charge in [-0.15, -0.1) is 0 Å². The molecule has 0 amide bonds. The molecule has 0 fully saturated rings. The average molecular weight is 384 g/mol. The van der Waals surface area contributed by atoms with Crippen LogP contribution in [0.2, 0.25) is 0 Å². The second-order valence-electron chi connectivity index (χ2n) is 5.73. The van der Waals surface area contributed by atoms with Crippen molar-refractivity contribution >= 4 is 7.82 Å². The smallest absolute Gasteiger partial charge is 0.395 e. The van der Waals surface area contributed by atoms with Crippen molar-refractivity contribution in [3.63, 3.8) is 0 Å². The Morgan fingerprint density at radius 3 is 1.67 bits per heavy atom. The Balaban J connectivity index is 1.69. The average Bonchev–Trinajstić information content (AvgIpc) is 2.68. The molecular weight excluding hydrogens is 363 g/mol. The zero-order chi connectivity index (χ0) is 19.0. The highest BCUT2D eigenvalue weighted by Crippen LogP contribution is 2.50. The number of benzene rings is 3. The van der Waals surface area contributed by atoms with Crippen LogP contribution in [0.5, 0.6) is 11.5 Å². The summed E-state index contributed by atoms with van der Waals surface area (Å²) < 4.78 is 35.5. The van der Waals surface area contributed by atoms with E-state index in [0.29, 0.717) is 18.1 Å². The predicted molar refractivity (Wildman–Crippen MR) is 104 cm³/mol. The molecule has 1 unspecified atom stereocenters. The fraction of sp³-hybridized carbons (Fsp3) is 0.143. The van der Waals surface area contributed by atoms with Crippen molar-refractivity contribution < 1.29 is 22.9 Å². The maximum atomic E-state index is 13.2. The lowest BCUT2D eigenvalue weighted by Crippen LogP contribution is -2.16. The Morgan fingerprint density at radius 2 is 1.19 bits per heavy atom. The molecule has 3 aromatic rings. The molecule has 27 heavy (non-hydrogen) atoms. The lowest BCUT2D eigenvalue weighted by molar-refractivity contribution is -0.0859. The molecule has 0 aliphatic carbocycles. The summed E-state index contributed by atoms with van der Waals surface area (Å²) >= 11 is 0. The zero-order valence-electron chi connectivity index (χ0n) is 14.9. The Bertz CT molecular complexity index is 810. The Hall–Kier alpha value is -2.59. The molecule has 1 atom stereocenters. The quantitative estimate of drug-likeness (QED) is 0.343. The summed E-state index contributed by atoms with van der Waals surface area (Å²) in [5.74, 6) is 0.763. The van der Waals surface area contributed by atoms with Crippen LogP contribution in [0.1, 0.15) is 12.5 Å². The lowest BCUT2D eigenvalue weighted by atomic mass is 10.2. The number of phosphoric acid groups is 1. The van der Waals surface area contributed by atoms with Crippen LogP contribution in [0.4, 0.5) is 0 Å². The van der Waals surface area contributed by atoms with Crippen LogP contribution in [0, 0.1) is 0 Å². The molecule has 0 bridgehead atoms. The summed E-state index contributed by atoms with van der Waals surface area (Å²) in [4.78, 5) is 0. The second-order valence-corrected chi connectivity index (χ2v) is 7.20. The molecule has 3 aromatic carbocycles. The standard InChI is InChI=1S/C21H21O5P/c1-18(23-17-19-11-5-2-6-12-19)24-27(22,25-20-13-7-3-8-14-20)26-21-15-9-4-10-16-21/h2-16,18H,17H2,1H3. The highest BCUT2D eigenvalue weighted by atomic mass is 31.2. The van der Waals surface area contributed by atoms with Crippen molar-refractivity contribution in [2.45, 2.75) is 19.8 Å². The minimum Gasteiger partial charge on any atom is -0.395 e. The van der Waals surface area contributed by atoms with E-state index >= 15 is 0 Å². The molecule has 0 aromatic heterocycles. The van der Waals surface area contributed by atoms with Gasteiger partial charge in [-0.05, 0) is 36.8 Å². The van der Waals surface area contributed by atoms with Gasteiger partial charge in [0.1, 0.15) is 11.5 Å². The molecule has 0 aliphatic rings. The van der Waals surface area contributed by atoms with Gasteiger partial charge in [0.25, 0.3) is 0 Å². The number of para-hydroxylation sites is 2. The Kier molecular flexibility index (Phi) is 6.66. The van der Waals surface area contributed by atoms with Crippen molar-refractivity contribution in [2.24, 2.45) is 0 Å².